The molecule has 0 unspecified atom stereocenters. The van der Waals surface area contributed by atoms with Crippen LogP contribution in [0.15, 0.2) is 24.4 Å². The predicted molar refractivity (Wildman–Crippen MR) is 140 cm³/mol. The van der Waals surface area contributed by atoms with Crippen molar-refractivity contribution in [3.05, 3.63) is 30.0 Å². The molecule has 36 heavy (non-hydrogen) atoms. The number of hydrogen-bond acceptors (Lipinski definition) is 7. The molecule has 2 amide bonds. The lowest BCUT2D eigenvalue weighted by molar-refractivity contribution is -0.125. The molecule has 5 rings (SSSR count). The molecule has 0 saturated heterocycles. The van der Waals surface area contributed by atoms with E-state index in [-0.39, 0.29) is 17.9 Å². The van der Waals surface area contributed by atoms with E-state index in [0.717, 1.165) is 43.6 Å². The van der Waals surface area contributed by atoms with Crippen molar-refractivity contribution in [3.8, 4) is 5.75 Å². The topological polar surface area (TPSA) is 99.7 Å². The highest BCUT2D eigenvalue weighted by molar-refractivity contribution is 6.01. The summed E-state index contributed by atoms with van der Waals surface area (Å²) in [6, 6.07) is 5.96. The van der Waals surface area contributed by atoms with Crippen LogP contribution in [-0.2, 0) is 4.79 Å². The van der Waals surface area contributed by atoms with Crippen LogP contribution in [-0.4, -0.2) is 54.6 Å². The van der Waals surface area contributed by atoms with Crippen molar-refractivity contribution < 1.29 is 14.3 Å². The second kappa shape index (κ2) is 9.59. The third-order valence-corrected chi connectivity index (χ3v) is 7.75. The Morgan fingerprint density at radius 3 is 2.56 bits per heavy atom. The van der Waals surface area contributed by atoms with Crippen molar-refractivity contribution in [1.29, 1.82) is 0 Å². The van der Waals surface area contributed by atoms with Crippen LogP contribution in [0.1, 0.15) is 69.2 Å². The molecule has 0 radical (unpaired) electrons. The first kappa shape index (κ1) is 24.3. The summed E-state index contributed by atoms with van der Waals surface area (Å²) in [6.45, 7) is 4.61. The van der Waals surface area contributed by atoms with Gasteiger partial charge in [0.1, 0.15) is 11.4 Å². The number of nitrogens with one attached hydrogen (secondary N) is 2. The van der Waals surface area contributed by atoms with Crippen molar-refractivity contribution in [1.82, 2.24) is 15.3 Å². The Bertz CT molecular complexity index is 1160. The quantitative estimate of drug-likeness (QED) is 0.621. The molecule has 1 aliphatic heterocycles. The van der Waals surface area contributed by atoms with Crippen molar-refractivity contribution in [2.24, 2.45) is 5.41 Å². The molecule has 9 nitrogen and oxygen atoms in total. The average Bonchev–Trinajstić information content (AvgIpc) is 3.36. The molecule has 2 N–H and O–H groups in total. The highest BCUT2D eigenvalue weighted by atomic mass is 16.5. The molecular weight excluding hydrogens is 456 g/mol. The van der Waals surface area contributed by atoms with Gasteiger partial charge in [0, 0.05) is 31.2 Å². The van der Waals surface area contributed by atoms with E-state index in [9.17, 15) is 9.59 Å². The summed E-state index contributed by atoms with van der Waals surface area (Å²) in [5.41, 5.74) is 1.41. The van der Waals surface area contributed by atoms with E-state index < -0.39 is 5.41 Å². The zero-order chi connectivity index (χ0) is 25.4. The van der Waals surface area contributed by atoms with Crippen LogP contribution >= 0.6 is 0 Å². The van der Waals surface area contributed by atoms with Gasteiger partial charge in [-0.15, -0.1) is 0 Å². The van der Waals surface area contributed by atoms with Gasteiger partial charge in [-0.3, -0.25) is 9.59 Å². The van der Waals surface area contributed by atoms with Gasteiger partial charge < -0.3 is 25.2 Å². The number of rotatable bonds is 6. The summed E-state index contributed by atoms with van der Waals surface area (Å²) in [4.78, 5) is 39.2. The fourth-order valence-electron chi connectivity index (χ4n) is 5.40. The van der Waals surface area contributed by atoms with Gasteiger partial charge in [0.15, 0.2) is 5.82 Å². The molecule has 2 aliphatic carbocycles. The van der Waals surface area contributed by atoms with E-state index in [1.807, 2.05) is 19.9 Å². The Morgan fingerprint density at radius 2 is 1.89 bits per heavy atom. The van der Waals surface area contributed by atoms with Crippen LogP contribution in [0, 0.1) is 5.41 Å². The molecule has 1 aromatic carbocycles. The minimum Gasteiger partial charge on any atom is -0.495 e. The minimum atomic E-state index is -0.537. The number of fused-ring (bicyclic) bond motifs is 1. The maximum atomic E-state index is 13.2. The number of anilines is 4. The van der Waals surface area contributed by atoms with Crippen molar-refractivity contribution >= 4 is 35.0 Å². The number of amides is 2. The number of carbonyl (C=O) groups is 2. The molecule has 0 atom stereocenters. The lowest BCUT2D eigenvalue weighted by atomic mass is 9.91. The SMILES string of the molecule is COc1cc(C(=O)NC2CCC2)ccc1Nc1ncc2c(n1)N(C1CCCC1)CC(C)(C)C(=O)N2C. The summed E-state index contributed by atoms with van der Waals surface area (Å²) < 4.78 is 5.59. The van der Waals surface area contributed by atoms with Crippen LogP contribution in [0.3, 0.4) is 0 Å². The van der Waals surface area contributed by atoms with Gasteiger partial charge in [-0.05, 0) is 64.2 Å². The molecule has 192 valence electrons. The van der Waals surface area contributed by atoms with Gasteiger partial charge in [-0.1, -0.05) is 12.8 Å². The van der Waals surface area contributed by atoms with E-state index >= 15 is 0 Å². The van der Waals surface area contributed by atoms with Crippen LogP contribution in [0.2, 0.25) is 0 Å². The Morgan fingerprint density at radius 1 is 1.14 bits per heavy atom. The molecule has 1 aromatic heterocycles. The van der Waals surface area contributed by atoms with Crippen molar-refractivity contribution in [2.45, 2.75) is 70.9 Å². The van der Waals surface area contributed by atoms with E-state index in [4.69, 9.17) is 9.72 Å². The lowest BCUT2D eigenvalue weighted by Gasteiger charge is -2.34. The molecule has 2 heterocycles. The first-order chi connectivity index (χ1) is 17.3. The van der Waals surface area contributed by atoms with Crippen LogP contribution in [0.5, 0.6) is 5.75 Å². The van der Waals surface area contributed by atoms with Gasteiger partial charge in [-0.25, -0.2) is 4.98 Å². The zero-order valence-corrected chi connectivity index (χ0v) is 21.6. The lowest BCUT2D eigenvalue weighted by Crippen LogP contribution is -2.45. The molecule has 2 saturated carbocycles. The smallest absolute Gasteiger partial charge is 0.251 e. The largest absolute Gasteiger partial charge is 0.495 e. The van der Waals surface area contributed by atoms with Gasteiger partial charge in [0.2, 0.25) is 11.9 Å². The standard InChI is InChI=1S/C27H36N6O3/c1-27(2)16-33(19-10-5-6-11-19)23-21(32(3)25(27)35)15-28-26(31-23)30-20-13-12-17(14-22(20)36-4)24(34)29-18-8-7-9-18/h12-15,18-19H,5-11,16H2,1-4H3,(H,29,34)(H,28,30,31). The van der Waals surface area contributed by atoms with E-state index in [1.165, 1.54) is 12.8 Å². The van der Waals surface area contributed by atoms with E-state index in [1.54, 1.807) is 37.4 Å². The second-order valence-electron chi connectivity index (χ2n) is 10.9. The normalized spacial score (nSPS) is 19.9. The highest BCUT2D eigenvalue weighted by Gasteiger charge is 2.41. The van der Waals surface area contributed by atoms with E-state index in [2.05, 4.69) is 20.5 Å². The number of methoxy groups -OCH3 is 1. The summed E-state index contributed by atoms with van der Waals surface area (Å²) in [7, 11) is 3.38. The summed E-state index contributed by atoms with van der Waals surface area (Å²) in [6.07, 6.45) is 9.53. The first-order valence-corrected chi connectivity index (χ1v) is 12.9. The first-order valence-electron chi connectivity index (χ1n) is 12.9. The number of aromatic nitrogens is 2. The van der Waals surface area contributed by atoms with E-state index in [0.29, 0.717) is 35.5 Å². The Balaban J connectivity index is 1.44. The average molecular weight is 493 g/mol. The van der Waals surface area contributed by atoms with Crippen LogP contribution in [0.25, 0.3) is 0 Å². The van der Waals surface area contributed by atoms with Gasteiger partial charge in [0.05, 0.1) is 24.4 Å². The van der Waals surface area contributed by atoms with Crippen LogP contribution < -0.4 is 25.2 Å². The molecule has 2 fully saturated rings. The maximum Gasteiger partial charge on any atom is 0.251 e. The summed E-state index contributed by atoms with van der Waals surface area (Å²) in [5.74, 6) is 1.70. The third kappa shape index (κ3) is 4.58. The minimum absolute atomic E-state index is 0.0611. The van der Waals surface area contributed by atoms with Crippen molar-refractivity contribution in [3.63, 3.8) is 0 Å². The Labute approximate surface area is 212 Å². The monoisotopic (exact) mass is 492 g/mol. The highest BCUT2D eigenvalue weighted by Crippen LogP contribution is 2.40. The predicted octanol–water partition coefficient (Wildman–Crippen LogP) is 4.26. The number of carbonyl (C=O) groups excluding carboxylic acids is 2. The molecular formula is C27H36N6O3. The Kier molecular flexibility index (Phi) is 6.49. The molecule has 3 aliphatic rings. The molecule has 9 heteroatoms. The number of hydrogen-bond donors (Lipinski definition) is 2. The summed E-state index contributed by atoms with van der Waals surface area (Å²) >= 11 is 0. The molecule has 2 aromatic rings. The van der Waals surface area contributed by atoms with Gasteiger partial charge >= 0.3 is 0 Å². The fourth-order valence-corrected chi connectivity index (χ4v) is 5.40. The Hall–Kier alpha value is -3.36. The third-order valence-electron chi connectivity index (χ3n) is 7.75. The van der Waals surface area contributed by atoms with Crippen LogP contribution in [0.4, 0.5) is 23.1 Å². The maximum absolute atomic E-state index is 13.2. The number of benzene rings is 1. The van der Waals surface area contributed by atoms with Crippen molar-refractivity contribution in [2.75, 3.05) is 35.8 Å². The fraction of sp³-hybridized carbons (Fsp3) is 0.556. The molecule has 0 bridgehead atoms. The summed E-state index contributed by atoms with van der Waals surface area (Å²) in [5, 5.41) is 6.33. The number of ether oxygens (including phenoxy) is 1. The zero-order valence-electron chi connectivity index (χ0n) is 21.6. The number of nitrogens with zero attached hydrogens (tertiary/aromatic N) is 4. The second-order valence-corrected chi connectivity index (χ2v) is 10.9. The van der Waals surface area contributed by atoms with Gasteiger partial charge in [0.25, 0.3) is 5.91 Å². The van der Waals surface area contributed by atoms with Gasteiger partial charge in [-0.2, -0.15) is 4.98 Å². The molecule has 0 spiro atoms.